The van der Waals surface area contributed by atoms with Gasteiger partial charge < -0.3 is 15.6 Å². The van der Waals surface area contributed by atoms with E-state index in [2.05, 4.69) is 55.5 Å². The number of aryl methyl sites for hydroxylation is 1. The maximum atomic E-state index is 11.7. The van der Waals surface area contributed by atoms with Gasteiger partial charge in [0.25, 0.3) is 0 Å². The van der Waals surface area contributed by atoms with Crippen molar-refractivity contribution in [3.05, 3.63) is 118 Å². The van der Waals surface area contributed by atoms with Gasteiger partial charge in [-0.15, -0.1) is 0 Å². The zero-order valence-electron chi connectivity index (χ0n) is 23.3. The van der Waals surface area contributed by atoms with Crippen molar-refractivity contribution in [3.63, 3.8) is 0 Å². The molecule has 3 aliphatic carbocycles. The summed E-state index contributed by atoms with van der Waals surface area (Å²) in [4.78, 5) is 11.7. The SMILES string of the molecule is C[C@]12CC[C@@H]3c4ccc(/C=C/COCc5ccccc5)cc4CC[C@H]3[C@@H]1C/C(=C\c1cccc(C(N)=O)c1)[C@@H]2O. The lowest BCUT2D eigenvalue weighted by Crippen LogP contribution is -2.44. The fraction of sp³-hybridized carbons (Fsp3) is 0.361. The molecule has 206 valence electrons. The summed E-state index contributed by atoms with van der Waals surface area (Å²) in [5.41, 5.74) is 13.3. The van der Waals surface area contributed by atoms with E-state index in [1.165, 1.54) is 28.7 Å². The number of aliphatic hydroxyl groups excluding tert-OH is 1. The molecule has 0 unspecified atom stereocenters. The predicted octanol–water partition coefficient (Wildman–Crippen LogP) is 6.93. The highest BCUT2D eigenvalue weighted by atomic mass is 16.5. The van der Waals surface area contributed by atoms with Crippen molar-refractivity contribution >= 4 is 18.1 Å². The molecule has 3 aliphatic rings. The van der Waals surface area contributed by atoms with E-state index in [0.717, 1.165) is 36.8 Å². The van der Waals surface area contributed by atoms with E-state index in [9.17, 15) is 9.90 Å². The number of fused-ring (bicyclic) bond motifs is 5. The Morgan fingerprint density at radius 1 is 1.05 bits per heavy atom. The third kappa shape index (κ3) is 5.18. The molecule has 3 N–H and O–H groups in total. The van der Waals surface area contributed by atoms with Crippen LogP contribution in [0.5, 0.6) is 0 Å². The second kappa shape index (κ2) is 11.2. The molecule has 0 radical (unpaired) electrons. The third-order valence-corrected chi connectivity index (χ3v) is 9.78. The fourth-order valence-corrected chi connectivity index (χ4v) is 7.70. The summed E-state index contributed by atoms with van der Waals surface area (Å²) < 4.78 is 5.81. The second-order valence-electron chi connectivity index (χ2n) is 12.1. The average molecular weight is 534 g/mol. The van der Waals surface area contributed by atoms with Gasteiger partial charge in [0.05, 0.1) is 19.3 Å². The van der Waals surface area contributed by atoms with Gasteiger partial charge in [-0.1, -0.05) is 85.8 Å². The largest absolute Gasteiger partial charge is 0.388 e. The summed E-state index contributed by atoms with van der Waals surface area (Å²) in [6.07, 6.45) is 11.2. The minimum absolute atomic E-state index is 0.103. The number of hydrogen-bond donors (Lipinski definition) is 2. The molecule has 6 rings (SSSR count). The molecule has 4 nitrogen and oxygen atoms in total. The van der Waals surface area contributed by atoms with Crippen molar-refractivity contribution in [2.24, 2.45) is 23.0 Å². The highest BCUT2D eigenvalue weighted by Gasteiger charge is 2.56. The van der Waals surface area contributed by atoms with Crippen LogP contribution in [0.2, 0.25) is 0 Å². The summed E-state index contributed by atoms with van der Waals surface area (Å²) >= 11 is 0. The van der Waals surface area contributed by atoms with Crippen LogP contribution in [0.1, 0.15) is 76.7 Å². The number of benzene rings is 3. The normalized spacial score (nSPS) is 28.3. The number of hydrogen-bond acceptors (Lipinski definition) is 3. The molecular formula is C36H39NO3. The monoisotopic (exact) mass is 533 g/mol. The molecule has 2 saturated carbocycles. The van der Waals surface area contributed by atoms with Gasteiger partial charge in [0, 0.05) is 11.0 Å². The number of primary amides is 1. The zero-order valence-corrected chi connectivity index (χ0v) is 23.3. The molecule has 3 aromatic carbocycles. The van der Waals surface area contributed by atoms with E-state index in [1.54, 1.807) is 6.07 Å². The van der Waals surface area contributed by atoms with E-state index in [1.807, 2.05) is 36.4 Å². The van der Waals surface area contributed by atoms with Crippen LogP contribution in [0.15, 0.2) is 84.4 Å². The van der Waals surface area contributed by atoms with Gasteiger partial charge in [0.1, 0.15) is 0 Å². The first kappa shape index (κ1) is 26.7. The zero-order chi connectivity index (χ0) is 27.7. The Morgan fingerprint density at radius 3 is 2.73 bits per heavy atom. The molecule has 4 heteroatoms. The van der Waals surface area contributed by atoms with Crippen LogP contribution in [-0.4, -0.2) is 23.7 Å². The van der Waals surface area contributed by atoms with E-state index in [4.69, 9.17) is 10.5 Å². The Bertz CT molecular complexity index is 1440. The van der Waals surface area contributed by atoms with Gasteiger partial charge >= 0.3 is 0 Å². The highest BCUT2D eigenvalue weighted by molar-refractivity contribution is 5.93. The maximum Gasteiger partial charge on any atom is 0.248 e. The summed E-state index contributed by atoms with van der Waals surface area (Å²) in [7, 11) is 0. The summed E-state index contributed by atoms with van der Waals surface area (Å²) in [5, 5.41) is 11.5. The van der Waals surface area contributed by atoms with E-state index < -0.39 is 12.0 Å². The second-order valence-corrected chi connectivity index (χ2v) is 12.1. The topological polar surface area (TPSA) is 72.5 Å². The minimum atomic E-state index is -0.450. The number of nitrogens with two attached hydrogens (primary N) is 1. The smallest absolute Gasteiger partial charge is 0.248 e. The van der Waals surface area contributed by atoms with Crippen LogP contribution in [0.25, 0.3) is 12.2 Å². The van der Waals surface area contributed by atoms with Gasteiger partial charge in [-0.25, -0.2) is 0 Å². The number of ether oxygens (including phenoxy) is 1. The summed E-state index contributed by atoms with van der Waals surface area (Å²) in [6, 6.07) is 24.7. The van der Waals surface area contributed by atoms with Crippen LogP contribution in [0.4, 0.5) is 0 Å². The van der Waals surface area contributed by atoms with Crippen LogP contribution in [0.3, 0.4) is 0 Å². The third-order valence-electron chi connectivity index (χ3n) is 9.78. The van der Waals surface area contributed by atoms with Crippen molar-refractivity contribution in [3.8, 4) is 0 Å². The lowest BCUT2D eigenvalue weighted by Gasteiger charge is -2.49. The maximum absolute atomic E-state index is 11.7. The summed E-state index contributed by atoms with van der Waals surface area (Å²) in [6.45, 7) is 3.52. The average Bonchev–Trinajstić information content (AvgIpc) is 3.22. The lowest BCUT2D eigenvalue weighted by molar-refractivity contribution is -0.0158. The van der Waals surface area contributed by atoms with E-state index in [0.29, 0.717) is 36.5 Å². The van der Waals surface area contributed by atoms with Crippen molar-refractivity contribution in [1.82, 2.24) is 0 Å². The van der Waals surface area contributed by atoms with Crippen LogP contribution in [0, 0.1) is 17.3 Å². The van der Waals surface area contributed by atoms with Crippen molar-refractivity contribution in [1.29, 1.82) is 0 Å². The standard InChI is InChI=1S/C36H39NO3/c1-36-17-16-31-30-14-12-24(10-6-18-40-23-25-7-3-2-4-8-25)19-27(30)13-15-32(31)33(36)22-29(34(36)38)21-26-9-5-11-28(20-26)35(37)39/h2-12,14,19-21,31-34,38H,13,15-18,22-23H2,1H3,(H2,37,39)/b10-6+,29-21+/t31-,32-,33+,34+,36+/m1/s1. The van der Waals surface area contributed by atoms with Gasteiger partial charge in [-0.2, -0.15) is 0 Å². The Labute approximate surface area is 237 Å². The van der Waals surface area contributed by atoms with Crippen molar-refractivity contribution in [2.75, 3.05) is 6.61 Å². The summed E-state index contributed by atoms with van der Waals surface area (Å²) in [5.74, 6) is 1.17. The van der Waals surface area contributed by atoms with Crippen molar-refractivity contribution < 1.29 is 14.6 Å². The quantitative estimate of drug-likeness (QED) is 0.324. The van der Waals surface area contributed by atoms with Gasteiger partial charge in [-0.3, -0.25) is 4.79 Å². The van der Waals surface area contributed by atoms with Crippen molar-refractivity contribution in [2.45, 2.75) is 57.7 Å². The first-order valence-electron chi connectivity index (χ1n) is 14.6. The molecule has 3 aromatic rings. The Kier molecular flexibility index (Phi) is 7.48. The molecule has 0 spiro atoms. The molecule has 5 atom stereocenters. The van der Waals surface area contributed by atoms with E-state index in [-0.39, 0.29) is 5.41 Å². The number of amides is 1. The minimum Gasteiger partial charge on any atom is -0.388 e. The highest BCUT2D eigenvalue weighted by Crippen LogP contribution is 2.62. The Morgan fingerprint density at radius 2 is 1.90 bits per heavy atom. The first-order chi connectivity index (χ1) is 19.4. The first-order valence-corrected chi connectivity index (χ1v) is 14.6. The predicted molar refractivity (Wildman–Crippen MR) is 161 cm³/mol. The fourth-order valence-electron chi connectivity index (χ4n) is 7.70. The Hall–Kier alpha value is -3.47. The van der Waals surface area contributed by atoms with Gasteiger partial charge in [0.2, 0.25) is 5.91 Å². The molecule has 1 amide bonds. The molecule has 0 saturated heterocycles. The molecule has 2 fully saturated rings. The lowest BCUT2D eigenvalue weighted by atomic mass is 9.55. The van der Waals surface area contributed by atoms with Gasteiger partial charge in [0.15, 0.2) is 0 Å². The molecular weight excluding hydrogens is 494 g/mol. The molecule has 0 aromatic heterocycles. The number of rotatable bonds is 7. The molecule has 0 aliphatic heterocycles. The van der Waals surface area contributed by atoms with Crippen LogP contribution in [-0.2, 0) is 17.8 Å². The number of carbonyl (C=O) groups excluding carboxylic acids is 1. The van der Waals surface area contributed by atoms with Crippen LogP contribution >= 0.6 is 0 Å². The number of carbonyl (C=O) groups is 1. The van der Waals surface area contributed by atoms with E-state index >= 15 is 0 Å². The molecule has 0 bridgehead atoms. The Balaban J connectivity index is 1.14. The number of aliphatic hydroxyl groups is 1. The van der Waals surface area contributed by atoms with Gasteiger partial charge in [-0.05, 0) is 95.4 Å². The van der Waals surface area contributed by atoms with Crippen LogP contribution < -0.4 is 5.73 Å². The molecule has 0 heterocycles. The molecule has 40 heavy (non-hydrogen) atoms.